The number of amides is 1. The van der Waals surface area contributed by atoms with Crippen LogP contribution in [0.2, 0.25) is 0 Å². The number of carbonyl (C=O) groups is 1. The Balaban J connectivity index is 1.72. The van der Waals surface area contributed by atoms with Crippen molar-refractivity contribution in [1.82, 2.24) is 10.2 Å². The Morgan fingerprint density at radius 3 is 2.59 bits per heavy atom. The molecule has 1 aliphatic rings. The van der Waals surface area contributed by atoms with Crippen LogP contribution in [0, 0.1) is 0 Å². The quantitative estimate of drug-likeness (QED) is 0.720. The molecule has 1 heterocycles. The molecular formula is C17H27N3O2. The lowest BCUT2D eigenvalue weighted by Crippen LogP contribution is -2.30. The molecule has 1 aromatic rings. The second kappa shape index (κ2) is 9.56. The van der Waals surface area contributed by atoms with Crippen LogP contribution in [0.15, 0.2) is 24.3 Å². The third-order valence-corrected chi connectivity index (χ3v) is 3.86. The largest absolute Gasteiger partial charge is 0.383 e. The molecule has 5 nitrogen and oxygen atoms in total. The van der Waals surface area contributed by atoms with Gasteiger partial charge in [0, 0.05) is 25.9 Å². The zero-order valence-corrected chi connectivity index (χ0v) is 13.4. The molecule has 0 bridgehead atoms. The smallest absolute Gasteiger partial charge is 0.238 e. The molecule has 0 atom stereocenters. The normalized spacial score (nSPS) is 15.7. The average molecular weight is 305 g/mol. The van der Waals surface area contributed by atoms with Gasteiger partial charge < -0.3 is 15.4 Å². The van der Waals surface area contributed by atoms with Gasteiger partial charge in [-0.2, -0.15) is 0 Å². The summed E-state index contributed by atoms with van der Waals surface area (Å²) in [4.78, 5) is 14.3. The number of piperidine rings is 1. The van der Waals surface area contributed by atoms with Crippen LogP contribution < -0.4 is 10.6 Å². The molecule has 122 valence electrons. The molecule has 0 unspecified atom stereocenters. The molecule has 1 aromatic carbocycles. The summed E-state index contributed by atoms with van der Waals surface area (Å²) in [5.41, 5.74) is 2.15. The first kappa shape index (κ1) is 16.9. The van der Waals surface area contributed by atoms with Crippen molar-refractivity contribution in [3.05, 3.63) is 29.8 Å². The molecule has 0 aliphatic carbocycles. The van der Waals surface area contributed by atoms with E-state index in [4.69, 9.17) is 4.74 Å². The number of hydrogen-bond donors (Lipinski definition) is 2. The number of ether oxygens (including phenoxy) is 1. The Kier molecular flexibility index (Phi) is 7.36. The number of likely N-dealkylation sites (tertiary alicyclic amines) is 1. The van der Waals surface area contributed by atoms with Crippen molar-refractivity contribution in [2.45, 2.75) is 25.8 Å². The minimum Gasteiger partial charge on any atom is -0.383 e. The molecule has 1 amide bonds. The third-order valence-electron chi connectivity index (χ3n) is 3.86. The van der Waals surface area contributed by atoms with E-state index in [1.807, 2.05) is 12.1 Å². The first-order valence-electron chi connectivity index (χ1n) is 8.09. The van der Waals surface area contributed by atoms with Gasteiger partial charge in [-0.25, -0.2) is 0 Å². The van der Waals surface area contributed by atoms with Gasteiger partial charge in [0.25, 0.3) is 0 Å². The molecule has 2 N–H and O–H groups in total. The standard InChI is InChI=1S/C17H27N3O2/c1-22-12-9-18-13-17(21)19-16-7-5-15(6-8-16)14-20-10-3-2-4-11-20/h5-8,18H,2-4,9-14H2,1H3,(H,19,21). The summed E-state index contributed by atoms with van der Waals surface area (Å²) in [6.45, 7) is 5.00. The number of methoxy groups -OCH3 is 1. The maximum Gasteiger partial charge on any atom is 0.238 e. The molecule has 0 spiro atoms. The van der Waals surface area contributed by atoms with Crippen molar-refractivity contribution in [3.63, 3.8) is 0 Å². The fourth-order valence-corrected chi connectivity index (χ4v) is 2.65. The lowest BCUT2D eigenvalue weighted by Gasteiger charge is -2.26. The SMILES string of the molecule is COCCNCC(=O)Nc1ccc(CN2CCCCC2)cc1. The van der Waals surface area contributed by atoms with Crippen LogP contribution >= 0.6 is 0 Å². The van der Waals surface area contributed by atoms with E-state index in [0.29, 0.717) is 19.7 Å². The van der Waals surface area contributed by atoms with Crippen LogP contribution in [0.5, 0.6) is 0 Å². The van der Waals surface area contributed by atoms with Crippen molar-refractivity contribution in [2.24, 2.45) is 0 Å². The van der Waals surface area contributed by atoms with Gasteiger partial charge >= 0.3 is 0 Å². The van der Waals surface area contributed by atoms with E-state index in [0.717, 1.165) is 12.2 Å². The van der Waals surface area contributed by atoms with Crippen molar-refractivity contribution in [2.75, 3.05) is 45.2 Å². The number of benzene rings is 1. The Hall–Kier alpha value is -1.43. The van der Waals surface area contributed by atoms with Gasteiger partial charge in [-0.1, -0.05) is 18.6 Å². The number of hydrogen-bond acceptors (Lipinski definition) is 4. The summed E-state index contributed by atoms with van der Waals surface area (Å²) < 4.78 is 4.92. The highest BCUT2D eigenvalue weighted by Gasteiger charge is 2.10. The number of rotatable bonds is 8. The van der Waals surface area contributed by atoms with Crippen molar-refractivity contribution >= 4 is 11.6 Å². The maximum absolute atomic E-state index is 11.8. The lowest BCUT2D eigenvalue weighted by molar-refractivity contribution is -0.115. The van der Waals surface area contributed by atoms with E-state index in [1.165, 1.54) is 37.9 Å². The molecule has 1 aliphatic heterocycles. The topological polar surface area (TPSA) is 53.6 Å². The summed E-state index contributed by atoms with van der Waals surface area (Å²) in [6.07, 6.45) is 3.98. The molecule has 5 heteroatoms. The van der Waals surface area contributed by atoms with E-state index < -0.39 is 0 Å². The molecule has 1 fully saturated rings. The van der Waals surface area contributed by atoms with Gasteiger partial charge in [-0.15, -0.1) is 0 Å². The summed E-state index contributed by atoms with van der Waals surface area (Å²) in [5, 5.41) is 5.92. The van der Waals surface area contributed by atoms with Gasteiger partial charge in [-0.05, 0) is 43.6 Å². The van der Waals surface area contributed by atoms with Gasteiger partial charge in [0.1, 0.15) is 0 Å². The molecule has 0 aromatic heterocycles. The van der Waals surface area contributed by atoms with Gasteiger partial charge in [0.05, 0.1) is 13.2 Å². The van der Waals surface area contributed by atoms with Gasteiger partial charge in [0.2, 0.25) is 5.91 Å². The predicted molar refractivity (Wildman–Crippen MR) is 88.9 cm³/mol. The Labute approximate surface area is 133 Å². The Morgan fingerprint density at radius 2 is 1.91 bits per heavy atom. The van der Waals surface area contributed by atoms with E-state index in [2.05, 4.69) is 27.7 Å². The summed E-state index contributed by atoms with van der Waals surface area (Å²) in [6, 6.07) is 8.16. The Bertz CT molecular complexity index is 442. The molecular weight excluding hydrogens is 278 g/mol. The second-order valence-corrected chi connectivity index (χ2v) is 5.75. The zero-order valence-electron chi connectivity index (χ0n) is 13.4. The molecule has 1 saturated heterocycles. The van der Waals surface area contributed by atoms with E-state index in [-0.39, 0.29) is 5.91 Å². The first-order valence-corrected chi connectivity index (χ1v) is 8.09. The van der Waals surface area contributed by atoms with Crippen LogP contribution in [0.4, 0.5) is 5.69 Å². The highest BCUT2D eigenvalue weighted by atomic mass is 16.5. The fraction of sp³-hybridized carbons (Fsp3) is 0.588. The van der Waals surface area contributed by atoms with Crippen LogP contribution in [0.1, 0.15) is 24.8 Å². The second-order valence-electron chi connectivity index (χ2n) is 5.75. The van der Waals surface area contributed by atoms with E-state index in [1.54, 1.807) is 7.11 Å². The van der Waals surface area contributed by atoms with Crippen molar-refractivity contribution < 1.29 is 9.53 Å². The number of nitrogens with one attached hydrogen (secondary N) is 2. The summed E-state index contributed by atoms with van der Waals surface area (Å²) in [5.74, 6) is -0.0279. The summed E-state index contributed by atoms with van der Waals surface area (Å²) >= 11 is 0. The molecule has 22 heavy (non-hydrogen) atoms. The third kappa shape index (κ3) is 6.13. The minimum absolute atomic E-state index is 0.0279. The minimum atomic E-state index is -0.0279. The van der Waals surface area contributed by atoms with Gasteiger partial charge in [-0.3, -0.25) is 9.69 Å². The van der Waals surface area contributed by atoms with Crippen LogP contribution in [0.3, 0.4) is 0 Å². The van der Waals surface area contributed by atoms with Crippen molar-refractivity contribution in [1.29, 1.82) is 0 Å². The predicted octanol–water partition coefficient (Wildman–Crippen LogP) is 1.85. The average Bonchev–Trinajstić information content (AvgIpc) is 2.54. The number of anilines is 1. The number of nitrogens with zero attached hydrogens (tertiary/aromatic N) is 1. The number of carbonyl (C=O) groups excluding carboxylic acids is 1. The fourth-order valence-electron chi connectivity index (χ4n) is 2.65. The highest BCUT2D eigenvalue weighted by molar-refractivity contribution is 5.92. The Morgan fingerprint density at radius 1 is 1.18 bits per heavy atom. The lowest BCUT2D eigenvalue weighted by atomic mass is 10.1. The van der Waals surface area contributed by atoms with Crippen LogP contribution in [0.25, 0.3) is 0 Å². The van der Waals surface area contributed by atoms with E-state index >= 15 is 0 Å². The van der Waals surface area contributed by atoms with Gasteiger partial charge in [0.15, 0.2) is 0 Å². The molecule has 0 saturated carbocycles. The maximum atomic E-state index is 11.8. The molecule has 0 radical (unpaired) electrons. The zero-order chi connectivity index (χ0) is 15.6. The summed E-state index contributed by atoms with van der Waals surface area (Å²) in [7, 11) is 1.65. The van der Waals surface area contributed by atoms with E-state index in [9.17, 15) is 4.79 Å². The molecule has 2 rings (SSSR count). The van der Waals surface area contributed by atoms with Crippen LogP contribution in [-0.2, 0) is 16.1 Å². The monoisotopic (exact) mass is 305 g/mol. The highest BCUT2D eigenvalue weighted by Crippen LogP contribution is 2.15. The van der Waals surface area contributed by atoms with Crippen LogP contribution in [-0.4, -0.2) is 50.7 Å². The first-order chi connectivity index (χ1) is 10.8. The van der Waals surface area contributed by atoms with Crippen molar-refractivity contribution in [3.8, 4) is 0 Å².